The van der Waals surface area contributed by atoms with Crippen molar-refractivity contribution < 1.29 is 10.2 Å². The largest absolute Gasteiger partial charge is 0.394 e. The molecule has 0 aliphatic carbocycles. The molecule has 3 nitrogen and oxygen atoms in total. The molecule has 3 heteroatoms. The summed E-state index contributed by atoms with van der Waals surface area (Å²) in [6.45, 7) is 0.877. The number of benzene rings is 2. The van der Waals surface area contributed by atoms with Gasteiger partial charge in [-0.15, -0.1) is 0 Å². The SMILES string of the molecule is OC[C@H](c1ccccc1)N1CC=CC[C@H]1C[C@H](O)c1ccccc1. The summed E-state index contributed by atoms with van der Waals surface area (Å²) >= 11 is 0. The van der Waals surface area contributed by atoms with Crippen molar-refractivity contribution in [2.75, 3.05) is 13.2 Å². The number of hydrogen-bond donors (Lipinski definition) is 2. The molecule has 0 spiro atoms. The summed E-state index contributed by atoms with van der Waals surface area (Å²) < 4.78 is 0. The van der Waals surface area contributed by atoms with Gasteiger partial charge in [0.2, 0.25) is 0 Å². The zero-order valence-corrected chi connectivity index (χ0v) is 13.8. The van der Waals surface area contributed by atoms with Gasteiger partial charge in [-0.25, -0.2) is 0 Å². The standard InChI is InChI=1S/C21H25NO2/c23-16-20(17-9-3-1-4-10-17)22-14-8-7-13-19(22)15-21(24)18-11-5-2-6-12-18/h1-12,19-21,23-24H,13-16H2/t19-,20+,21-/m0/s1. The first kappa shape index (κ1) is 16.9. The molecule has 1 heterocycles. The zero-order chi connectivity index (χ0) is 16.8. The topological polar surface area (TPSA) is 43.7 Å². The fourth-order valence-corrected chi connectivity index (χ4v) is 3.49. The van der Waals surface area contributed by atoms with Crippen molar-refractivity contribution in [1.29, 1.82) is 0 Å². The molecular weight excluding hydrogens is 298 g/mol. The van der Waals surface area contributed by atoms with Crippen LogP contribution in [0.3, 0.4) is 0 Å². The van der Waals surface area contributed by atoms with E-state index in [0.717, 1.165) is 24.1 Å². The molecule has 2 aromatic rings. The number of aliphatic hydroxyl groups excluding tert-OH is 2. The Morgan fingerprint density at radius 1 is 0.917 bits per heavy atom. The lowest BCUT2D eigenvalue weighted by atomic mass is 9.94. The van der Waals surface area contributed by atoms with Crippen LogP contribution in [-0.4, -0.2) is 34.3 Å². The fourth-order valence-electron chi connectivity index (χ4n) is 3.49. The van der Waals surface area contributed by atoms with Gasteiger partial charge in [-0.2, -0.15) is 0 Å². The van der Waals surface area contributed by atoms with Crippen LogP contribution in [0, 0.1) is 0 Å². The third-order valence-electron chi connectivity index (χ3n) is 4.80. The van der Waals surface area contributed by atoms with Crippen LogP contribution in [0.4, 0.5) is 0 Å². The Morgan fingerprint density at radius 3 is 2.17 bits per heavy atom. The molecule has 0 saturated heterocycles. The molecule has 0 amide bonds. The van der Waals surface area contributed by atoms with Gasteiger partial charge >= 0.3 is 0 Å². The molecule has 0 aromatic heterocycles. The Balaban J connectivity index is 1.77. The average Bonchev–Trinajstić information content (AvgIpc) is 2.65. The summed E-state index contributed by atoms with van der Waals surface area (Å²) in [6, 6.07) is 20.1. The molecule has 24 heavy (non-hydrogen) atoms. The number of rotatable bonds is 6. The third kappa shape index (κ3) is 3.93. The smallest absolute Gasteiger partial charge is 0.0805 e. The van der Waals surface area contributed by atoms with Crippen molar-refractivity contribution in [2.24, 2.45) is 0 Å². The van der Waals surface area contributed by atoms with Crippen LogP contribution in [0.1, 0.15) is 36.1 Å². The van der Waals surface area contributed by atoms with E-state index in [9.17, 15) is 10.2 Å². The Kier molecular flexibility index (Phi) is 5.81. The van der Waals surface area contributed by atoms with E-state index >= 15 is 0 Å². The number of hydrogen-bond acceptors (Lipinski definition) is 3. The van der Waals surface area contributed by atoms with E-state index in [-0.39, 0.29) is 18.7 Å². The molecule has 0 fully saturated rings. The molecule has 1 aliphatic heterocycles. The predicted molar refractivity (Wildman–Crippen MR) is 96.5 cm³/mol. The first-order valence-corrected chi connectivity index (χ1v) is 8.59. The molecule has 2 N–H and O–H groups in total. The lowest BCUT2D eigenvalue weighted by molar-refractivity contribution is 0.0532. The Bertz CT molecular complexity index is 641. The molecule has 0 saturated carbocycles. The van der Waals surface area contributed by atoms with E-state index in [1.165, 1.54) is 0 Å². The van der Waals surface area contributed by atoms with E-state index in [1.54, 1.807) is 0 Å². The molecule has 1 aliphatic rings. The highest BCUT2D eigenvalue weighted by Crippen LogP contribution is 2.31. The Morgan fingerprint density at radius 2 is 1.54 bits per heavy atom. The van der Waals surface area contributed by atoms with Crippen molar-refractivity contribution in [2.45, 2.75) is 31.0 Å². The molecule has 2 aromatic carbocycles. The van der Waals surface area contributed by atoms with Crippen molar-refractivity contribution >= 4 is 0 Å². The van der Waals surface area contributed by atoms with Gasteiger partial charge in [-0.05, 0) is 24.0 Å². The van der Waals surface area contributed by atoms with Gasteiger partial charge in [0.15, 0.2) is 0 Å². The highest BCUT2D eigenvalue weighted by atomic mass is 16.3. The molecule has 0 bridgehead atoms. The summed E-state index contributed by atoms with van der Waals surface area (Å²) in [5.74, 6) is 0. The van der Waals surface area contributed by atoms with Crippen LogP contribution in [0.5, 0.6) is 0 Å². The van der Waals surface area contributed by atoms with Crippen LogP contribution in [0.2, 0.25) is 0 Å². The summed E-state index contributed by atoms with van der Waals surface area (Å²) in [5.41, 5.74) is 2.07. The van der Waals surface area contributed by atoms with E-state index in [1.807, 2.05) is 48.5 Å². The van der Waals surface area contributed by atoms with Gasteiger partial charge in [0, 0.05) is 12.6 Å². The fraction of sp³-hybridized carbons (Fsp3) is 0.333. The first-order chi connectivity index (χ1) is 11.8. The average molecular weight is 323 g/mol. The Hall–Kier alpha value is -1.94. The van der Waals surface area contributed by atoms with E-state index in [0.29, 0.717) is 6.42 Å². The lowest BCUT2D eigenvalue weighted by Crippen LogP contribution is -2.42. The van der Waals surface area contributed by atoms with Gasteiger partial charge in [0.1, 0.15) is 0 Å². The third-order valence-corrected chi connectivity index (χ3v) is 4.80. The molecule has 0 radical (unpaired) electrons. The van der Waals surface area contributed by atoms with E-state index < -0.39 is 6.10 Å². The summed E-state index contributed by atoms with van der Waals surface area (Å²) in [7, 11) is 0. The summed E-state index contributed by atoms with van der Waals surface area (Å²) in [6.07, 6.45) is 5.40. The van der Waals surface area contributed by atoms with E-state index in [4.69, 9.17) is 0 Å². The summed E-state index contributed by atoms with van der Waals surface area (Å²) in [5, 5.41) is 20.6. The van der Waals surface area contributed by atoms with Gasteiger partial charge < -0.3 is 10.2 Å². The number of aliphatic hydroxyl groups is 2. The monoisotopic (exact) mass is 323 g/mol. The van der Waals surface area contributed by atoms with Gasteiger partial charge in [-0.1, -0.05) is 72.8 Å². The quantitative estimate of drug-likeness (QED) is 0.800. The van der Waals surface area contributed by atoms with Crippen LogP contribution < -0.4 is 0 Å². The normalized spacial score (nSPS) is 20.7. The molecule has 0 unspecified atom stereocenters. The van der Waals surface area contributed by atoms with Crippen LogP contribution in [-0.2, 0) is 0 Å². The van der Waals surface area contributed by atoms with Crippen LogP contribution in [0.15, 0.2) is 72.8 Å². The van der Waals surface area contributed by atoms with Gasteiger partial charge in [0.25, 0.3) is 0 Å². The van der Waals surface area contributed by atoms with Crippen molar-refractivity contribution in [3.63, 3.8) is 0 Å². The minimum Gasteiger partial charge on any atom is -0.394 e. The van der Waals surface area contributed by atoms with Crippen LogP contribution in [0.25, 0.3) is 0 Å². The molecule has 126 valence electrons. The Labute approximate surface area is 143 Å². The van der Waals surface area contributed by atoms with Crippen molar-refractivity contribution in [3.8, 4) is 0 Å². The maximum absolute atomic E-state index is 10.6. The highest BCUT2D eigenvalue weighted by molar-refractivity contribution is 5.21. The van der Waals surface area contributed by atoms with Gasteiger partial charge in [-0.3, -0.25) is 4.90 Å². The maximum Gasteiger partial charge on any atom is 0.0805 e. The number of nitrogens with zero attached hydrogens (tertiary/aromatic N) is 1. The zero-order valence-electron chi connectivity index (χ0n) is 13.8. The highest BCUT2D eigenvalue weighted by Gasteiger charge is 2.29. The minimum atomic E-state index is -0.486. The minimum absolute atomic E-state index is 0.0378. The predicted octanol–water partition coefficient (Wildman–Crippen LogP) is 3.47. The second-order valence-corrected chi connectivity index (χ2v) is 6.33. The summed E-state index contributed by atoms with van der Waals surface area (Å²) in [4.78, 5) is 2.31. The molecular formula is C21H25NO2. The van der Waals surface area contributed by atoms with Crippen LogP contribution >= 0.6 is 0 Å². The first-order valence-electron chi connectivity index (χ1n) is 8.59. The van der Waals surface area contributed by atoms with Crippen molar-refractivity contribution in [3.05, 3.63) is 83.9 Å². The van der Waals surface area contributed by atoms with Gasteiger partial charge in [0.05, 0.1) is 18.8 Å². The molecule has 3 rings (SSSR count). The lowest BCUT2D eigenvalue weighted by Gasteiger charge is -2.39. The second kappa shape index (κ2) is 8.25. The maximum atomic E-state index is 10.6. The molecule has 3 atom stereocenters. The van der Waals surface area contributed by atoms with E-state index in [2.05, 4.69) is 29.2 Å². The van der Waals surface area contributed by atoms with Crippen molar-refractivity contribution in [1.82, 2.24) is 4.90 Å². The second-order valence-electron chi connectivity index (χ2n) is 6.33.